The Bertz CT molecular complexity index is 209. The molecule has 0 aromatic rings. The second kappa shape index (κ2) is 8.06. The summed E-state index contributed by atoms with van der Waals surface area (Å²) in [6.45, 7) is 0. The number of ether oxygens (including phenoxy) is 2. The maximum absolute atomic E-state index is 10.9. The fourth-order valence-corrected chi connectivity index (χ4v) is 1.27. The number of methoxy groups -OCH3 is 2. The molecule has 2 atom stereocenters. The first-order valence-electron chi connectivity index (χ1n) is 5.19. The number of rotatable bonds is 7. The topological polar surface area (TPSA) is 105 Å². The molecule has 0 aliphatic carbocycles. The second-order valence-electron chi connectivity index (χ2n) is 3.54. The number of nitrogens with two attached hydrogens (primary N) is 2. The Kier molecular flexibility index (Phi) is 7.49. The summed E-state index contributed by atoms with van der Waals surface area (Å²) in [5, 5.41) is 0. The number of carbonyl (C=O) groups excluding carboxylic acids is 2. The van der Waals surface area contributed by atoms with Gasteiger partial charge in [-0.3, -0.25) is 9.59 Å². The highest BCUT2D eigenvalue weighted by Crippen LogP contribution is 2.05. The maximum Gasteiger partial charge on any atom is 0.322 e. The summed E-state index contributed by atoms with van der Waals surface area (Å²) < 4.78 is 8.97. The van der Waals surface area contributed by atoms with E-state index in [-0.39, 0.29) is 0 Å². The van der Waals surface area contributed by atoms with Gasteiger partial charge in [-0.2, -0.15) is 0 Å². The van der Waals surface area contributed by atoms with Crippen LogP contribution in [0.2, 0.25) is 0 Å². The summed E-state index contributed by atoms with van der Waals surface area (Å²) >= 11 is 0. The van der Waals surface area contributed by atoms with Gasteiger partial charge < -0.3 is 20.9 Å². The van der Waals surface area contributed by atoms with Crippen molar-refractivity contribution in [1.29, 1.82) is 0 Å². The first-order valence-corrected chi connectivity index (χ1v) is 5.19. The van der Waals surface area contributed by atoms with Crippen LogP contribution < -0.4 is 11.5 Å². The lowest BCUT2D eigenvalue weighted by Crippen LogP contribution is -2.32. The van der Waals surface area contributed by atoms with Gasteiger partial charge in [-0.1, -0.05) is 12.8 Å². The standard InChI is InChI=1S/C10H20N2O4/c1-15-9(13)7(11)5-3-4-6-8(12)10(14)16-2/h7-8H,3-6,11-12H2,1-2H3. The van der Waals surface area contributed by atoms with Crippen molar-refractivity contribution in [2.45, 2.75) is 37.8 Å². The van der Waals surface area contributed by atoms with E-state index >= 15 is 0 Å². The van der Waals surface area contributed by atoms with E-state index in [1.807, 2.05) is 0 Å². The zero-order chi connectivity index (χ0) is 12.6. The Labute approximate surface area is 95.3 Å². The molecule has 0 radical (unpaired) electrons. The highest BCUT2D eigenvalue weighted by Gasteiger charge is 2.15. The van der Waals surface area contributed by atoms with E-state index < -0.39 is 24.0 Å². The Morgan fingerprint density at radius 1 is 0.938 bits per heavy atom. The van der Waals surface area contributed by atoms with Gasteiger partial charge in [-0.25, -0.2) is 0 Å². The van der Waals surface area contributed by atoms with Crippen molar-refractivity contribution in [2.24, 2.45) is 11.5 Å². The molecule has 0 saturated carbocycles. The maximum atomic E-state index is 10.9. The molecular formula is C10H20N2O4. The van der Waals surface area contributed by atoms with Gasteiger partial charge in [-0.05, 0) is 12.8 Å². The molecule has 6 heteroatoms. The predicted octanol–water partition coefficient (Wildman–Crippen LogP) is -0.453. The third-order valence-corrected chi connectivity index (χ3v) is 2.29. The van der Waals surface area contributed by atoms with E-state index in [0.717, 1.165) is 12.8 Å². The van der Waals surface area contributed by atoms with Crippen LogP contribution in [0.3, 0.4) is 0 Å². The van der Waals surface area contributed by atoms with E-state index in [0.29, 0.717) is 12.8 Å². The van der Waals surface area contributed by atoms with Crippen molar-refractivity contribution in [3.63, 3.8) is 0 Å². The van der Waals surface area contributed by atoms with Crippen molar-refractivity contribution in [2.75, 3.05) is 14.2 Å². The van der Waals surface area contributed by atoms with Gasteiger partial charge in [0.05, 0.1) is 14.2 Å². The number of unbranched alkanes of at least 4 members (excludes halogenated alkanes) is 1. The van der Waals surface area contributed by atoms with Crippen LogP contribution in [0.25, 0.3) is 0 Å². The largest absolute Gasteiger partial charge is 0.468 e. The Morgan fingerprint density at radius 2 is 1.25 bits per heavy atom. The highest BCUT2D eigenvalue weighted by atomic mass is 16.5. The Hall–Kier alpha value is -1.14. The summed E-state index contributed by atoms with van der Waals surface area (Å²) in [4.78, 5) is 21.9. The van der Waals surface area contributed by atoms with Crippen LogP contribution in [0.15, 0.2) is 0 Å². The van der Waals surface area contributed by atoms with E-state index in [1.165, 1.54) is 14.2 Å². The van der Waals surface area contributed by atoms with E-state index in [1.54, 1.807) is 0 Å². The van der Waals surface area contributed by atoms with Gasteiger partial charge in [-0.15, -0.1) is 0 Å². The van der Waals surface area contributed by atoms with Crippen molar-refractivity contribution in [3.8, 4) is 0 Å². The van der Waals surface area contributed by atoms with Crippen molar-refractivity contribution < 1.29 is 19.1 Å². The monoisotopic (exact) mass is 232 g/mol. The van der Waals surface area contributed by atoms with Crippen molar-refractivity contribution in [3.05, 3.63) is 0 Å². The van der Waals surface area contributed by atoms with Crippen LogP contribution in [0.1, 0.15) is 25.7 Å². The quantitative estimate of drug-likeness (QED) is 0.455. The van der Waals surface area contributed by atoms with Gasteiger partial charge in [0.2, 0.25) is 0 Å². The minimum Gasteiger partial charge on any atom is -0.468 e. The number of hydrogen-bond acceptors (Lipinski definition) is 6. The van der Waals surface area contributed by atoms with Crippen molar-refractivity contribution >= 4 is 11.9 Å². The summed E-state index contributed by atoms with van der Waals surface area (Å²) in [5.41, 5.74) is 11.1. The highest BCUT2D eigenvalue weighted by molar-refractivity contribution is 5.75. The average molecular weight is 232 g/mol. The smallest absolute Gasteiger partial charge is 0.322 e. The normalized spacial score (nSPS) is 14.0. The molecule has 0 spiro atoms. The lowest BCUT2D eigenvalue weighted by Gasteiger charge is -2.10. The molecule has 0 aromatic carbocycles. The minimum absolute atomic E-state index is 0.419. The van der Waals surface area contributed by atoms with Gasteiger partial charge in [0.25, 0.3) is 0 Å². The SMILES string of the molecule is COC(=O)C(N)CCCCC(N)C(=O)OC. The molecule has 0 aliphatic heterocycles. The van der Waals surface area contributed by atoms with E-state index in [9.17, 15) is 9.59 Å². The van der Waals surface area contributed by atoms with Crippen LogP contribution in [0.5, 0.6) is 0 Å². The van der Waals surface area contributed by atoms with E-state index in [2.05, 4.69) is 9.47 Å². The zero-order valence-corrected chi connectivity index (χ0v) is 9.77. The average Bonchev–Trinajstić information content (AvgIpc) is 2.31. The molecule has 0 saturated heterocycles. The molecule has 0 heterocycles. The van der Waals surface area contributed by atoms with Gasteiger partial charge >= 0.3 is 11.9 Å². The lowest BCUT2D eigenvalue weighted by atomic mass is 10.1. The van der Waals surface area contributed by atoms with Crippen LogP contribution >= 0.6 is 0 Å². The fourth-order valence-electron chi connectivity index (χ4n) is 1.27. The molecule has 6 nitrogen and oxygen atoms in total. The molecule has 0 rings (SSSR count). The Morgan fingerprint density at radius 3 is 1.50 bits per heavy atom. The Balaban J connectivity index is 3.60. The summed E-state index contributed by atoms with van der Waals surface area (Å²) in [6.07, 6.45) is 2.50. The molecule has 16 heavy (non-hydrogen) atoms. The number of esters is 2. The van der Waals surface area contributed by atoms with Crippen LogP contribution in [-0.4, -0.2) is 38.2 Å². The summed E-state index contributed by atoms with van der Waals surface area (Å²) in [7, 11) is 2.60. The van der Waals surface area contributed by atoms with Crippen molar-refractivity contribution in [1.82, 2.24) is 0 Å². The molecule has 4 N–H and O–H groups in total. The predicted molar refractivity (Wildman–Crippen MR) is 58.5 cm³/mol. The van der Waals surface area contributed by atoms with Gasteiger partial charge in [0, 0.05) is 0 Å². The molecule has 0 fully saturated rings. The molecule has 0 bridgehead atoms. The molecule has 0 aliphatic rings. The van der Waals surface area contributed by atoms with Gasteiger partial charge in [0.1, 0.15) is 12.1 Å². The van der Waals surface area contributed by atoms with Crippen LogP contribution in [0.4, 0.5) is 0 Å². The number of hydrogen-bond donors (Lipinski definition) is 2. The lowest BCUT2D eigenvalue weighted by molar-refractivity contribution is -0.143. The van der Waals surface area contributed by atoms with Crippen LogP contribution in [-0.2, 0) is 19.1 Å². The fraction of sp³-hybridized carbons (Fsp3) is 0.800. The zero-order valence-electron chi connectivity index (χ0n) is 9.77. The third kappa shape index (κ3) is 5.67. The number of carbonyl (C=O) groups is 2. The molecule has 0 amide bonds. The third-order valence-electron chi connectivity index (χ3n) is 2.29. The van der Waals surface area contributed by atoms with Gasteiger partial charge in [0.15, 0.2) is 0 Å². The first kappa shape index (κ1) is 14.9. The minimum atomic E-state index is -0.598. The summed E-state index contributed by atoms with van der Waals surface area (Å²) in [5.74, 6) is -0.838. The molecule has 94 valence electrons. The van der Waals surface area contributed by atoms with Crippen LogP contribution in [0, 0.1) is 0 Å². The van der Waals surface area contributed by atoms with E-state index in [4.69, 9.17) is 11.5 Å². The molecular weight excluding hydrogens is 212 g/mol. The molecule has 0 aromatic heterocycles. The molecule has 2 unspecified atom stereocenters. The summed E-state index contributed by atoms with van der Waals surface area (Å²) in [6, 6.07) is -1.20. The second-order valence-corrected chi connectivity index (χ2v) is 3.54. The first-order chi connectivity index (χ1) is 7.52.